The van der Waals surface area contributed by atoms with Gasteiger partial charge in [-0.1, -0.05) is 12.2 Å². The minimum absolute atomic E-state index is 0.128. The molecule has 0 radical (unpaired) electrons. The van der Waals surface area contributed by atoms with Crippen molar-refractivity contribution in [3.05, 3.63) is 51.7 Å². The fourth-order valence-corrected chi connectivity index (χ4v) is 2.05. The van der Waals surface area contributed by atoms with Gasteiger partial charge in [0.05, 0.1) is 18.3 Å². The lowest BCUT2D eigenvalue weighted by Gasteiger charge is -2.10. The monoisotopic (exact) mass is 276 g/mol. The lowest BCUT2D eigenvalue weighted by atomic mass is 10.2. The number of hydrogen-bond acceptors (Lipinski definition) is 3. The molecule has 2 heterocycles. The lowest BCUT2D eigenvalue weighted by Crippen LogP contribution is -2.30. The third-order valence-electron chi connectivity index (χ3n) is 3.01. The Balaban J connectivity index is 2.42. The third kappa shape index (κ3) is 2.73. The van der Waals surface area contributed by atoms with E-state index in [2.05, 4.69) is 5.10 Å². The van der Waals surface area contributed by atoms with Gasteiger partial charge in [-0.15, -0.1) is 0 Å². The van der Waals surface area contributed by atoms with Crippen molar-refractivity contribution in [2.75, 3.05) is 0 Å². The molecular formula is C13H16N4OS. The molecule has 5 nitrogen and oxygen atoms in total. The van der Waals surface area contributed by atoms with E-state index in [1.807, 2.05) is 30.8 Å². The van der Waals surface area contributed by atoms with Crippen molar-refractivity contribution in [2.45, 2.75) is 26.9 Å². The Morgan fingerprint density at radius 2 is 2.21 bits per heavy atom. The van der Waals surface area contributed by atoms with Crippen LogP contribution in [0, 0.1) is 6.92 Å². The zero-order valence-corrected chi connectivity index (χ0v) is 11.8. The predicted molar refractivity (Wildman–Crippen MR) is 78.3 cm³/mol. The van der Waals surface area contributed by atoms with Gasteiger partial charge in [0.1, 0.15) is 4.99 Å². The van der Waals surface area contributed by atoms with Crippen LogP contribution < -0.4 is 11.3 Å². The van der Waals surface area contributed by atoms with Gasteiger partial charge in [-0.2, -0.15) is 5.10 Å². The minimum Gasteiger partial charge on any atom is -0.389 e. The lowest BCUT2D eigenvalue weighted by molar-refractivity contribution is 0.657. The molecule has 0 aliphatic rings. The van der Waals surface area contributed by atoms with Crippen LogP contribution in [0.4, 0.5) is 0 Å². The van der Waals surface area contributed by atoms with Crippen LogP contribution in [-0.4, -0.2) is 19.3 Å². The van der Waals surface area contributed by atoms with Crippen molar-refractivity contribution >= 4 is 17.2 Å². The number of aryl methyl sites for hydroxylation is 2. The molecule has 2 aromatic rings. The van der Waals surface area contributed by atoms with Crippen molar-refractivity contribution in [1.29, 1.82) is 0 Å². The fraction of sp³-hybridized carbons (Fsp3) is 0.308. The number of pyridine rings is 1. The molecule has 2 aromatic heterocycles. The molecule has 0 amide bonds. The van der Waals surface area contributed by atoms with Crippen LogP contribution in [0.15, 0.2) is 29.3 Å². The molecule has 6 heteroatoms. The first-order valence-electron chi connectivity index (χ1n) is 6.04. The van der Waals surface area contributed by atoms with E-state index in [9.17, 15) is 4.79 Å². The number of nitrogens with zero attached hydrogens (tertiary/aromatic N) is 3. The van der Waals surface area contributed by atoms with Crippen molar-refractivity contribution < 1.29 is 0 Å². The molecule has 0 fully saturated rings. The highest BCUT2D eigenvalue weighted by Crippen LogP contribution is 2.04. The van der Waals surface area contributed by atoms with Gasteiger partial charge < -0.3 is 10.3 Å². The predicted octanol–water partition coefficient (Wildman–Crippen LogP) is 1.06. The molecule has 0 aromatic carbocycles. The summed E-state index contributed by atoms with van der Waals surface area (Å²) in [6.45, 7) is 5.18. The highest BCUT2D eigenvalue weighted by atomic mass is 32.1. The van der Waals surface area contributed by atoms with Crippen LogP contribution in [0.5, 0.6) is 0 Å². The van der Waals surface area contributed by atoms with Gasteiger partial charge in [0.25, 0.3) is 5.56 Å². The summed E-state index contributed by atoms with van der Waals surface area (Å²) < 4.78 is 3.48. The van der Waals surface area contributed by atoms with Gasteiger partial charge in [-0.25, -0.2) is 0 Å². The van der Waals surface area contributed by atoms with E-state index >= 15 is 0 Å². The van der Waals surface area contributed by atoms with Crippen LogP contribution in [0.1, 0.15) is 23.7 Å². The Hall–Kier alpha value is -1.95. The zero-order chi connectivity index (χ0) is 14.0. The number of hydrogen-bond donors (Lipinski definition) is 1. The summed E-state index contributed by atoms with van der Waals surface area (Å²) in [4.78, 5) is 12.4. The summed E-state index contributed by atoms with van der Waals surface area (Å²) in [5, 5.41) is 4.20. The molecule has 0 saturated heterocycles. The van der Waals surface area contributed by atoms with Crippen LogP contribution in [0.3, 0.4) is 0 Å². The van der Waals surface area contributed by atoms with E-state index in [4.69, 9.17) is 18.0 Å². The second kappa shape index (κ2) is 5.36. The second-order valence-electron chi connectivity index (χ2n) is 4.35. The summed E-state index contributed by atoms with van der Waals surface area (Å²) in [7, 11) is 0. The molecular weight excluding hydrogens is 260 g/mol. The number of thiocarbonyl (C=S) groups is 1. The molecule has 0 aliphatic heterocycles. The van der Waals surface area contributed by atoms with Crippen LogP contribution in [-0.2, 0) is 13.1 Å². The number of nitrogens with two attached hydrogens (primary N) is 1. The van der Waals surface area contributed by atoms with Gasteiger partial charge in [0, 0.05) is 24.0 Å². The topological polar surface area (TPSA) is 65.8 Å². The van der Waals surface area contributed by atoms with E-state index < -0.39 is 0 Å². The maximum atomic E-state index is 12.3. The van der Waals surface area contributed by atoms with E-state index in [0.717, 1.165) is 17.8 Å². The molecule has 0 saturated carbocycles. The van der Waals surface area contributed by atoms with Gasteiger partial charge in [0.2, 0.25) is 0 Å². The first kappa shape index (κ1) is 13.5. The Labute approximate surface area is 116 Å². The molecule has 0 bridgehead atoms. The number of aromatic nitrogens is 3. The van der Waals surface area contributed by atoms with Crippen LogP contribution in [0.25, 0.3) is 0 Å². The Kier molecular flexibility index (Phi) is 3.80. The highest BCUT2D eigenvalue weighted by Gasteiger charge is 2.09. The molecule has 0 unspecified atom stereocenters. The summed E-state index contributed by atoms with van der Waals surface area (Å²) in [5.41, 5.74) is 7.63. The standard InChI is InChI=1S/C13H16N4OS/c1-3-16-7-10(6-15-16)8-17-9(2)4-5-11(12(14)19)13(17)18/h4-7H,3,8H2,1-2H3,(H2,14,19). The van der Waals surface area contributed by atoms with Gasteiger partial charge >= 0.3 is 0 Å². The summed E-state index contributed by atoms with van der Waals surface area (Å²) in [6.07, 6.45) is 3.70. The summed E-state index contributed by atoms with van der Waals surface area (Å²) in [6, 6.07) is 3.52. The molecule has 19 heavy (non-hydrogen) atoms. The molecule has 0 spiro atoms. The normalized spacial score (nSPS) is 10.6. The molecule has 0 atom stereocenters. The Morgan fingerprint density at radius 1 is 1.47 bits per heavy atom. The average Bonchev–Trinajstić information content (AvgIpc) is 2.81. The van der Waals surface area contributed by atoms with E-state index in [1.165, 1.54) is 0 Å². The average molecular weight is 276 g/mol. The van der Waals surface area contributed by atoms with Crippen molar-refractivity contribution in [3.63, 3.8) is 0 Å². The molecule has 2 rings (SSSR count). The van der Waals surface area contributed by atoms with E-state index in [1.54, 1.807) is 16.8 Å². The van der Waals surface area contributed by atoms with Crippen molar-refractivity contribution in [2.24, 2.45) is 5.73 Å². The van der Waals surface area contributed by atoms with E-state index in [-0.39, 0.29) is 10.5 Å². The summed E-state index contributed by atoms with van der Waals surface area (Å²) >= 11 is 4.89. The smallest absolute Gasteiger partial charge is 0.261 e. The third-order valence-corrected chi connectivity index (χ3v) is 3.23. The Bertz CT molecular complexity index is 672. The Morgan fingerprint density at radius 3 is 2.79 bits per heavy atom. The second-order valence-corrected chi connectivity index (χ2v) is 4.79. The largest absolute Gasteiger partial charge is 0.389 e. The number of rotatable bonds is 4. The maximum Gasteiger partial charge on any atom is 0.261 e. The summed E-state index contributed by atoms with van der Waals surface area (Å²) in [5.74, 6) is 0. The van der Waals surface area contributed by atoms with E-state index in [0.29, 0.717) is 12.1 Å². The zero-order valence-electron chi connectivity index (χ0n) is 11.0. The van der Waals surface area contributed by atoms with Gasteiger partial charge in [-0.05, 0) is 26.0 Å². The quantitative estimate of drug-likeness (QED) is 0.848. The van der Waals surface area contributed by atoms with Gasteiger partial charge in [-0.3, -0.25) is 9.48 Å². The van der Waals surface area contributed by atoms with Crippen molar-refractivity contribution in [1.82, 2.24) is 14.3 Å². The van der Waals surface area contributed by atoms with Crippen molar-refractivity contribution in [3.8, 4) is 0 Å². The first-order chi connectivity index (χ1) is 9.02. The van der Waals surface area contributed by atoms with Gasteiger partial charge in [0.15, 0.2) is 0 Å². The SMILES string of the molecule is CCn1cc(Cn2c(C)ccc(C(N)=S)c2=O)cn1. The first-order valence-corrected chi connectivity index (χ1v) is 6.45. The van der Waals surface area contributed by atoms with Crippen LogP contribution in [0.2, 0.25) is 0 Å². The maximum absolute atomic E-state index is 12.3. The fourth-order valence-electron chi connectivity index (χ4n) is 1.90. The molecule has 0 aliphatic carbocycles. The minimum atomic E-state index is -0.156. The molecule has 2 N–H and O–H groups in total. The highest BCUT2D eigenvalue weighted by molar-refractivity contribution is 7.80. The van der Waals surface area contributed by atoms with Crippen LogP contribution >= 0.6 is 12.2 Å². The molecule has 100 valence electrons.